The molecule has 0 atom stereocenters. The van der Waals surface area contributed by atoms with Crippen molar-refractivity contribution < 1.29 is 19.4 Å². The summed E-state index contributed by atoms with van der Waals surface area (Å²) >= 11 is 0. The molecule has 0 aliphatic carbocycles. The summed E-state index contributed by atoms with van der Waals surface area (Å²) in [5.74, 6) is -0.979. The van der Waals surface area contributed by atoms with Crippen LogP contribution in [0.1, 0.15) is 33.3 Å². The van der Waals surface area contributed by atoms with E-state index in [-0.39, 0.29) is 11.3 Å². The Morgan fingerprint density at radius 2 is 1.70 bits per heavy atom. The molecule has 0 aromatic heterocycles. The van der Waals surface area contributed by atoms with Gasteiger partial charge < -0.3 is 4.74 Å². The molecule has 0 saturated heterocycles. The number of rotatable bonds is 3. The van der Waals surface area contributed by atoms with Crippen molar-refractivity contribution in [3.63, 3.8) is 0 Å². The van der Waals surface area contributed by atoms with E-state index in [1.165, 1.54) is 6.07 Å². The lowest BCUT2D eigenvalue weighted by molar-refractivity contribution is -0.394. The predicted octanol–water partition coefficient (Wildman–Crippen LogP) is 2.73. The molecular weight excluding hydrogens is 268 g/mol. The van der Waals surface area contributed by atoms with E-state index in [2.05, 4.69) is 0 Å². The van der Waals surface area contributed by atoms with Gasteiger partial charge in [0, 0.05) is 18.6 Å². The maximum absolute atomic E-state index is 11.1. The van der Waals surface area contributed by atoms with Gasteiger partial charge >= 0.3 is 11.7 Å². The molecule has 108 valence electrons. The average molecular weight is 282 g/mol. The quantitative estimate of drug-likeness (QED) is 0.364. The summed E-state index contributed by atoms with van der Waals surface area (Å²) in [4.78, 5) is 31.5. The zero-order valence-electron chi connectivity index (χ0n) is 11.5. The summed E-state index contributed by atoms with van der Waals surface area (Å²) in [6.07, 6.45) is 0. The summed E-state index contributed by atoms with van der Waals surface area (Å²) in [5.41, 5.74) is -1.45. The molecule has 0 saturated carbocycles. The zero-order chi connectivity index (χ0) is 15.7. The number of carbonyl (C=O) groups is 1. The van der Waals surface area contributed by atoms with Gasteiger partial charge in [-0.25, -0.2) is 0 Å². The second-order valence-electron chi connectivity index (χ2n) is 5.20. The average Bonchev–Trinajstić information content (AvgIpc) is 2.25. The molecule has 0 bridgehead atoms. The van der Waals surface area contributed by atoms with Crippen molar-refractivity contribution in [2.24, 2.45) is 0 Å². The van der Waals surface area contributed by atoms with Gasteiger partial charge in [-0.05, 0) is 5.41 Å². The minimum atomic E-state index is -0.805. The highest BCUT2D eigenvalue weighted by Crippen LogP contribution is 2.41. The van der Waals surface area contributed by atoms with Crippen molar-refractivity contribution in [3.8, 4) is 5.75 Å². The van der Waals surface area contributed by atoms with Gasteiger partial charge in [-0.1, -0.05) is 20.8 Å². The third-order valence-corrected chi connectivity index (χ3v) is 2.52. The standard InChI is InChI=1S/C12H14N2O6/c1-7(15)20-11-9(12(2,3)4)5-8(13(16)17)6-10(11)14(18)19/h5-6H,1-4H3. The number of nitrogens with zero attached hydrogens (tertiary/aromatic N) is 2. The predicted molar refractivity (Wildman–Crippen MR) is 69.8 cm³/mol. The Morgan fingerprint density at radius 1 is 1.15 bits per heavy atom. The molecule has 1 aromatic rings. The first-order chi connectivity index (χ1) is 9.04. The van der Waals surface area contributed by atoms with Crippen LogP contribution in [0.5, 0.6) is 5.75 Å². The third-order valence-electron chi connectivity index (χ3n) is 2.52. The lowest BCUT2D eigenvalue weighted by Crippen LogP contribution is -2.16. The molecule has 0 aliphatic heterocycles. The first-order valence-corrected chi connectivity index (χ1v) is 5.69. The normalized spacial score (nSPS) is 11.0. The number of carbonyl (C=O) groups excluding carboxylic acids is 1. The number of hydrogen-bond acceptors (Lipinski definition) is 6. The first kappa shape index (κ1) is 15.5. The van der Waals surface area contributed by atoms with E-state index in [0.717, 1.165) is 13.0 Å². The second kappa shape index (κ2) is 5.24. The Morgan fingerprint density at radius 3 is 2.05 bits per heavy atom. The Labute approximate surface area is 114 Å². The molecular formula is C12H14N2O6. The number of ether oxygens (including phenoxy) is 1. The second-order valence-corrected chi connectivity index (χ2v) is 5.20. The highest BCUT2D eigenvalue weighted by molar-refractivity contribution is 5.73. The van der Waals surface area contributed by atoms with Crippen LogP contribution in [0, 0.1) is 20.2 Å². The highest BCUT2D eigenvalue weighted by atomic mass is 16.6. The molecule has 0 unspecified atom stereocenters. The molecule has 0 amide bonds. The van der Waals surface area contributed by atoms with E-state index in [4.69, 9.17) is 4.74 Å². The van der Waals surface area contributed by atoms with Crippen LogP contribution in [0.3, 0.4) is 0 Å². The molecule has 0 heterocycles. The molecule has 0 spiro atoms. The van der Waals surface area contributed by atoms with Crippen molar-refractivity contribution in [2.45, 2.75) is 33.1 Å². The van der Waals surface area contributed by atoms with Crippen molar-refractivity contribution >= 4 is 17.3 Å². The van der Waals surface area contributed by atoms with E-state index in [1.807, 2.05) is 0 Å². The third kappa shape index (κ3) is 3.28. The van der Waals surface area contributed by atoms with Crippen LogP contribution >= 0.6 is 0 Å². The number of esters is 1. The molecule has 0 N–H and O–H groups in total. The lowest BCUT2D eigenvalue weighted by atomic mass is 9.85. The van der Waals surface area contributed by atoms with Crippen LogP contribution in [-0.2, 0) is 10.2 Å². The number of benzene rings is 1. The summed E-state index contributed by atoms with van der Waals surface area (Å²) in [6, 6.07) is 1.97. The van der Waals surface area contributed by atoms with Crippen molar-refractivity contribution in [1.82, 2.24) is 0 Å². The van der Waals surface area contributed by atoms with Crippen LogP contribution in [0.25, 0.3) is 0 Å². The molecule has 8 heteroatoms. The first-order valence-electron chi connectivity index (χ1n) is 5.69. The largest absolute Gasteiger partial charge is 0.419 e. The Balaban J connectivity index is 3.71. The van der Waals surface area contributed by atoms with E-state index >= 15 is 0 Å². The van der Waals surface area contributed by atoms with Crippen molar-refractivity contribution in [2.75, 3.05) is 0 Å². The van der Waals surface area contributed by atoms with Crippen LogP contribution in [-0.4, -0.2) is 15.8 Å². The maximum atomic E-state index is 11.1. The van der Waals surface area contributed by atoms with E-state index < -0.39 is 32.6 Å². The van der Waals surface area contributed by atoms with Gasteiger partial charge in [0.05, 0.1) is 15.9 Å². The molecule has 0 aliphatic rings. The number of non-ortho nitro benzene ring substituents is 1. The number of nitro benzene ring substituents is 2. The lowest BCUT2D eigenvalue weighted by Gasteiger charge is -2.21. The summed E-state index contributed by atoms with van der Waals surface area (Å²) < 4.78 is 4.90. The van der Waals surface area contributed by atoms with Gasteiger partial charge in [0.1, 0.15) is 0 Å². The van der Waals surface area contributed by atoms with Gasteiger partial charge in [-0.2, -0.15) is 0 Å². The Hall–Kier alpha value is -2.51. The van der Waals surface area contributed by atoms with E-state index in [0.29, 0.717) is 0 Å². The minimum absolute atomic E-state index is 0.230. The van der Waals surface area contributed by atoms with Crippen LogP contribution in [0.4, 0.5) is 11.4 Å². The van der Waals surface area contributed by atoms with Gasteiger partial charge in [0.25, 0.3) is 5.69 Å². The zero-order valence-corrected chi connectivity index (χ0v) is 11.5. The highest BCUT2D eigenvalue weighted by Gasteiger charge is 2.31. The Bertz CT molecular complexity index is 588. The fraction of sp³-hybridized carbons (Fsp3) is 0.417. The molecule has 0 radical (unpaired) electrons. The Kier molecular flexibility index (Phi) is 4.07. The fourth-order valence-electron chi connectivity index (χ4n) is 1.65. The fourth-order valence-corrected chi connectivity index (χ4v) is 1.65. The van der Waals surface area contributed by atoms with Crippen LogP contribution < -0.4 is 4.74 Å². The summed E-state index contributed by atoms with van der Waals surface area (Å²) in [5, 5.41) is 21.9. The minimum Gasteiger partial charge on any atom is -0.419 e. The molecule has 0 fully saturated rings. The van der Waals surface area contributed by atoms with Gasteiger partial charge in [-0.3, -0.25) is 25.0 Å². The molecule has 1 aromatic carbocycles. The smallest absolute Gasteiger partial charge is 0.318 e. The van der Waals surface area contributed by atoms with E-state index in [9.17, 15) is 25.0 Å². The monoisotopic (exact) mass is 282 g/mol. The SMILES string of the molecule is CC(=O)Oc1c([N+](=O)[O-])cc([N+](=O)[O-])cc1C(C)(C)C. The van der Waals surface area contributed by atoms with Crippen LogP contribution in [0.2, 0.25) is 0 Å². The maximum Gasteiger partial charge on any atom is 0.318 e. The van der Waals surface area contributed by atoms with Gasteiger partial charge in [0.15, 0.2) is 0 Å². The summed E-state index contributed by atoms with van der Waals surface area (Å²) in [6.45, 7) is 6.24. The number of hydrogen-bond donors (Lipinski definition) is 0. The van der Waals surface area contributed by atoms with Crippen LogP contribution in [0.15, 0.2) is 12.1 Å². The topological polar surface area (TPSA) is 113 Å². The number of nitro groups is 2. The molecule has 8 nitrogen and oxygen atoms in total. The van der Waals surface area contributed by atoms with Crippen molar-refractivity contribution in [1.29, 1.82) is 0 Å². The summed E-state index contributed by atoms with van der Waals surface area (Å²) in [7, 11) is 0. The van der Waals surface area contributed by atoms with Gasteiger partial charge in [0.2, 0.25) is 5.75 Å². The molecule has 20 heavy (non-hydrogen) atoms. The molecule has 1 rings (SSSR count). The van der Waals surface area contributed by atoms with E-state index in [1.54, 1.807) is 20.8 Å². The van der Waals surface area contributed by atoms with Crippen molar-refractivity contribution in [3.05, 3.63) is 37.9 Å². The van der Waals surface area contributed by atoms with Gasteiger partial charge in [-0.15, -0.1) is 0 Å².